The van der Waals surface area contributed by atoms with E-state index in [1.54, 1.807) is 93.6 Å². The normalized spacial score (nSPS) is 11.6. The van der Waals surface area contributed by atoms with Crippen LogP contribution in [0.15, 0.2) is 102 Å². The van der Waals surface area contributed by atoms with Gasteiger partial charge in [0, 0.05) is 24.1 Å². The van der Waals surface area contributed by atoms with Gasteiger partial charge in [-0.15, -0.1) is 0 Å². The first-order chi connectivity index (χ1) is 22.0. The Morgan fingerprint density at radius 3 is 2.11 bits per heavy atom. The first-order valence-electron chi connectivity index (χ1n) is 14.9. The standard InChI is InChI=1S/C35H37N5O6/c1-35(2,3)46-34(45)38-27-22-36-31(26-18-11-6-12-19-26)40(33(27)44)21-13-20-29(42)39-30(25-16-9-5-10-17-25)32(43)37-23-28(41)24-14-7-4-8-15-24/h4-12,14-19,22,30H,13,20-21,23H2,1-3H3,(H,37,43)(H,38,45)(H,39,42). The Morgan fingerprint density at radius 2 is 1.48 bits per heavy atom. The molecule has 0 radical (unpaired) electrons. The molecule has 1 atom stereocenters. The molecule has 238 valence electrons. The van der Waals surface area contributed by atoms with Gasteiger partial charge in [-0.05, 0) is 32.8 Å². The van der Waals surface area contributed by atoms with Crippen molar-refractivity contribution < 1.29 is 23.9 Å². The second-order valence-electron chi connectivity index (χ2n) is 11.5. The Hall–Kier alpha value is -5.58. The summed E-state index contributed by atoms with van der Waals surface area (Å²) < 4.78 is 6.67. The molecule has 0 spiro atoms. The van der Waals surface area contributed by atoms with Crippen LogP contribution >= 0.6 is 0 Å². The Bertz CT molecular complexity index is 1720. The molecule has 0 saturated heterocycles. The lowest BCUT2D eigenvalue weighted by atomic mass is 10.1. The molecule has 1 unspecified atom stereocenters. The number of ether oxygens (including phenoxy) is 1. The molecule has 3 N–H and O–H groups in total. The van der Waals surface area contributed by atoms with Crippen LogP contribution in [-0.2, 0) is 20.9 Å². The summed E-state index contributed by atoms with van der Waals surface area (Å²) in [5.74, 6) is -0.852. The fourth-order valence-corrected chi connectivity index (χ4v) is 4.59. The number of anilines is 1. The summed E-state index contributed by atoms with van der Waals surface area (Å²) in [7, 11) is 0. The molecule has 3 amide bonds. The molecule has 1 aromatic heterocycles. The van der Waals surface area contributed by atoms with Crippen LogP contribution in [0.3, 0.4) is 0 Å². The quantitative estimate of drug-likeness (QED) is 0.190. The van der Waals surface area contributed by atoms with E-state index >= 15 is 0 Å². The van der Waals surface area contributed by atoms with Crippen molar-refractivity contribution in [1.29, 1.82) is 0 Å². The van der Waals surface area contributed by atoms with Crippen molar-refractivity contribution in [2.45, 2.75) is 51.8 Å². The van der Waals surface area contributed by atoms with Gasteiger partial charge in [-0.2, -0.15) is 0 Å². The van der Waals surface area contributed by atoms with E-state index < -0.39 is 35.1 Å². The maximum atomic E-state index is 13.5. The highest BCUT2D eigenvalue weighted by Gasteiger charge is 2.24. The highest BCUT2D eigenvalue weighted by atomic mass is 16.6. The minimum Gasteiger partial charge on any atom is -0.444 e. The highest BCUT2D eigenvalue weighted by molar-refractivity contribution is 6.00. The van der Waals surface area contributed by atoms with Crippen LogP contribution in [0.4, 0.5) is 10.5 Å². The molecule has 0 bridgehead atoms. The average Bonchev–Trinajstić information content (AvgIpc) is 3.04. The zero-order valence-corrected chi connectivity index (χ0v) is 26.0. The number of carbonyl (C=O) groups is 4. The van der Waals surface area contributed by atoms with Crippen molar-refractivity contribution in [3.8, 4) is 11.4 Å². The summed E-state index contributed by atoms with van der Waals surface area (Å²) in [5.41, 5.74) is 0.355. The van der Waals surface area contributed by atoms with Gasteiger partial charge < -0.3 is 15.4 Å². The third-order valence-electron chi connectivity index (χ3n) is 6.72. The van der Waals surface area contributed by atoms with E-state index in [1.807, 2.05) is 18.2 Å². The van der Waals surface area contributed by atoms with E-state index in [4.69, 9.17) is 4.74 Å². The molecule has 0 aliphatic rings. The lowest BCUT2D eigenvalue weighted by molar-refractivity contribution is -0.129. The summed E-state index contributed by atoms with van der Waals surface area (Å²) in [6.45, 7) is 5.00. The summed E-state index contributed by atoms with van der Waals surface area (Å²) in [6.07, 6.45) is 0.687. The predicted octanol–water partition coefficient (Wildman–Crippen LogP) is 4.89. The molecule has 3 aromatic carbocycles. The van der Waals surface area contributed by atoms with E-state index in [1.165, 1.54) is 10.8 Å². The van der Waals surface area contributed by atoms with Crippen molar-refractivity contribution in [3.05, 3.63) is 119 Å². The molecule has 11 nitrogen and oxygen atoms in total. The number of carbonyl (C=O) groups excluding carboxylic acids is 4. The highest BCUT2D eigenvalue weighted by Crippen LogP contribution is 2.18. The van der Waals surface area contributed by atoms with Gasteiger partial charge in [0.05, 0.1) is 12.7 Å². The van der Waals surface area contributed by atoms with Crippen LogP contribution in [0.1, 0.15) is 55.6 Å². The molecule has 0 fully saturated rings. The van der Waals surface area contributed by atoms with Crippen molar-refractivity contribution in [1.82, 2.24) is 20.2 Å². The number of benzene rings is 3. The fraction of sp³-hybridized carbons (Fsp3) is 0.257. The third kappa shape index (κ3) is 9.46. The van der Waals surface area contributed by atoms with Gasteiger partial charge in [0.25, 0.3) is 5.56 Å². The molecule has 0 saturated carbocycles. The van der Waals surface area contributed by atoms with Gasteiger partial charge in [-0.3, -0.25) is 29.1 Å². The number of rotatable bonds is 12. The number of ketones is 1. The van der Waals surface area contributed by atoms with Gasteiger partial charge in [-0.1, -0.05) is 91.0 Å². The first-order valence-corrected chi connectivity index (χ1v) is 14.9. The molecule has 11 heteroatoms. The van der Waals surface area contributed by atoms with Crippen LogP contribution in [0.25, 0.3) is 11.4 Å². The van der Waals surface area contributed by atoms with Crippen LogP contribution in [0.2, 0.25) is 0 Å². The molecule has 46 heavy (non-hydrogen) atoms. The third-order valence-corrected chi connectivity index (χ3v) is 6.72. The number of aromatic nitrogens is 2. The number of amides is 3. The predicted molar refractivity (Wildman–Crippen MR) is 174 cm³/mol. The number of nitrogens with one attached hydrogen (secondary N) is 3. The van der Waals surface area contributed by atoms with Crippen molar-refractivity contribution in [2.75, 3.05) is 11.9 Å². The molecular weight excluding hydrogens is 586 g/mol. The van der Waals surface area contributed by atoms with Gasteiger partial charge >= 0.3 is 6.09 Å². The zero-order valence-electron chi connectivity index (χ0n) is 26.0. The SMILES string of the molecule is CC(C)(C)OC(=O)Nc1cnc(-c2ccccc2)n(CCCC(=O)NC(C(=O)NCC(=O)c2ccccc2)c2ccccc2)c1=O. The zero-order chi connectivity index (χ0) is 33.1. The van der Waals surface area contributed by atoms with Gasteiger partial charge in [0.15, 0.2) is 5.78 Å². The Morgan fingerprint density at radius 1 is 0.870 bits per heavy atom. The molecule has 4 rings (SSSR count). The van der Waals surface area contributed by atoms with Crippen molar-refractivity contribution in [3.63, 3.8) is 0 Å². The number of hydrogen-bond donors (Lipinski definition) is 3. The van der Waals surface area contributed by atoms with E-state index in [9.17, 15) is 24.0 Å². The summed E-state index contributed by atoms with van der Waals surface area (Å²) in [6, 6.07) is 25.4. The largest absolute Gasteiger partial charge is 0.444 e. The lowest BCUT2D eigenvalue weighted by Gasteiger charge is -2.20. The molecule has 4 aromatic rings. The molecular formula is C35H37N5O6. The Balaban J connectivity index is 1.46. The molecule has 0 aliphatic heterocycles. The summed E-state index contributed by atoms with van der Waals surface area (Å²) in [5, 5.41) is 7.87. The fourth-order valence-electron chi connectivity index (χ4n) is 4.59. The van der Waals surface area contributed by atoms with Gasteiger partial charge in [-0.25, -0.2) is 9.78 Å². The maximum Gasteiger partial charge on any atom is 0.412 e. The number of Topliss-reactive ketones (excluding diaryl/α,β-unsaturated/α-hetero) is 1. The maximum absolute atomic E-state index is 13.5. The van der Waals surface area contributed by atoms with Crippen LogP contribution in [0, 0.1) is 0 Å². The topological polar surface area (TPSA) is 148 Å². The van der Waals surface area contributed by atoms with E-state index in [2.05, 4.69) is 20.9 Å². The lowest BCUT2D eigenvalue weighted by Crippen LogP contribution is -2.42. The van der Waals surface area contributed by atoms with Crippen LogP contribution in [0.5, 0.6) is 0 Å². The molecule has 1 heterocycles. The number of nitrogens with zero attached hydrogens (tertiary/aromatic N) is 2. The van der Waals surface area contributed by atoms with Crippen LogP contribution < -0.4 is 21.5 Å². The minimum atomic E-state index is -1.04. The Labute approximate surface area is 267 Å². The summed E-state index contributed by atoms with van der Waals surface area (Å²) in [4.78, 5) is 69.2. The second kappa shape index (κ2) is 15.4. The van der Waals surface area contributed by atoms with E-state index in [-0.39, 0.29) is 37.4 Å². The van der Waals surface area contributed by atoms with Gasteiger partial charge in [0.2, 0.25) is 11.8 Å². The average molecular weight is 624 g/mol. The second-order valence-corrected chi connectivity index (χ2v) is 11.5. The van der Waals surface area contributed by atoms with Crippen LogP contribution in [-0.4, -0.2) is 45.4 Å². The van der Waals surface area contributed by atoms with Crippen molar-refractivity contribution >= 4 is 29.4 Å². The first kappa shape index (κ1) is 33.3. The minimum absolute atomic E-state index is 0.0239. The van der Waals surface area contributed by atoms with Crippen molar-refractivity contribution in [2.24, 2.45) is 0 Å². The number of hydrogen-bond acceptors (Lipinski definition) is 7. The van der Waals surface area contributed by atoms with Gasteiger partial charge in [0.1, 0.15) is 23.2 Å². The summed E-state index contributed by atoms with van der Waals surface area (Å²) >= 11 is 0. The molecule has 0 aliphatic carbocycles. The monoisotopic (exact) mass is 623 g/mol. The Kier molecular flexibility index (Phi) is 11.2. The van der Waals surface area contributed by atoms with E-state index in [0.717, 1.165) is 0 Å². The smallest absolute Gasteiger partial charge is 0.412 e. The van der Waals surface area contributed by atoms with E-state index in [0.29, 0.717) is 22.5 Å².